The number of nitrogens with two attached hydrogens (primary N) is 1. The zero-order valence-electron chi connectivity index (χ0n) is 21.7. The highest BCUT2D eigenvalue weighted by Crippen LogP contribution is 2.66. The number of esters is 1. The minimum atomic E-state index is -5.80. The van der Waals surface area contributed by atoms with Gasteiger partial charge in [-0.15, -0.1) is 0 Å². The Balaban J connectivity index is 1.90. The van der Waals surface area contributed by atoms with Gasteiger partial charge in [-0.05, 0) is 19.2 Å². The number of fused-ring (bicyclic) bond motifs is 1. The van der Waals surface area contributed by atoms with Crippen LogP contribution in [0.3, 0.4) is 0 Å². The molecule has 2 aromatic rings. The molecule has 0 bridgehead atoms. The topological polar surface area (TPSA) is 338 Å². The smallest absolute Gasteiger partial charge is 0.455 e. The van der Waals surface area contributed by atoms with Crippen LogP contribution in [0.5, 0.6) is 0 Å². The molecule has 2 aromatic heterocycles. The average Bonchev–Trinajstić information content (AvgIpc) is 3.50. The van der Waals surface area contributed by atoms with E-state index in [1.54, 1.807) is 0 Å². The van der Waals surface area contributed by atoms with Gasteiger partial charge in [-0.25, -0.2) is 33.4 Å². The first-order chi connectivity index (χ1) is 20.1. The third-order valence-electron chi connectivity index (χ3n) is 5.15. The molecule has 3 rings (SSSR count). The average molecular weight is 668 g/mol. The van der Waals surface area contributed by atoms with E-state index in [-0.39, 0.29) is 29.1 Å². The number of carbonyl (C=O) groups excluding carboxylic acids is 1. The zero-order chi connectivity index (χ0) is 32.0. The molecule has 3 heterocycles. The molecule has 0 amide bonds. The van der Waals surface area contributed by atoms with Crippen LogP contribution in [0.1, 0.15) is 19.6 Å². The quantitative estimate of drug-likeness (QED) is 0.0359. The Bertz CT molecular complexity index is 1630. The maximum Gasteiger partial charge on any atom is 0.490 e. The number of phosphoric ester groups is 1. The van der Waals surface area contributed by atoms with Crippen LogP contribution in [0.2, 0.25) is 0 Å². The van der Waals surface area contributed by atoms with Crippen LogP contribution in [0, 0.1) is 0 Å². The number of aliphatic imine (C=N–C) groups is 2. The molecular formula is C17H23N10O13P3. The van der Waals surface area contributed by atoms with E-state index in [0.717, 1.165) is 6.33 Å². The van der Waals surface area contributed by atoms with Gasteiger partial charge in [-0.3, -0.25) is 19.1 Å². The normalized spacial score (nSPS) is 22.4. The van der Waals surface area contributed by atoms with Crippen LogP contribution < -0.4 is 5.73 Å². The monoisotopic (exact) mass is 668 g/mol. The van der Waals surface area contributed by atoms with E-state index in [1.807, 2.05) is 0 Å². The second-order valence-electron chi connectivity index (χ2n) is 8.01. The highest BCUT2D eigenvalue weighted by atomic mass is 31.3. The molecule has 1 saturated heterocycles. The third-order valence-corrected chi connectivity index (χ3v) is 8.96. The molecule has 43 heavy (non-hydrogen) atoms. The molecule has 1 fully saturated rings. The van der Waals surface area contributed by atoms with Crippen molar-refractivity contribution in [3.05, 3.63) is 34.5 Å². The van der Waals surface area contributed by atoms with Gasteiger partial charge in [0, 0.05) is 17.5 Å². The molecule has 3 unspecified atom stereocenters. The molecule has 0 spiro atoms. The number of anilines is 1. The molecule has 1 aliphatic heterocycles. The van der Waals surface area contributed by atoms with E-state index in [1.165, 1.54) is 24.0 Å². The summed E-state index contributed by atoms with van der Waals surface area (Å²) in [6, 6.07) is 0. The fraction of sp³-hybridized carbons (Fsp3) is 0.412. The lowest BCUT2D eigenvalue weighted by Crippen LogP contribution is -2.31. The number of nitrogen functional groups attached to an aromatic ring is 1. The first kappa shape index (κ1) is 34.1. The summed E-state index contributed by atoms with van der Waals surface area (Å²) < 4.78 is 59.7. The number of rotatable bonds is 14. The second-order valence-corrected chi connectivity index (χ2v) is 12.4. The summed E-state index contributed by atoms with van der Waals surface area (Å²) in [7, 11) is -17.0. The van der Waals surface area contributed by atoms with E-state index < -0.39 is 66.7 Å². The number of imidazole rings is 1. The lowest BCUT2D eigenvalue weighted by molar-refractivity contribution is -0.148. The van der Waals surface area contributed by atoms with Crippen LogP contribution in [-0.2, 0) is 41.1 Å². The second kappa shape index (κ2) is 13.9. The molecule has 0 aromatic carbocycles. The number of ether oxygens (including phenoxy) is 2. The summed E-state index contributed by atoms with van der Waals surface area (Å²) in [6.45, 7) is 3.41. The highest BCUT2D eigenvalue weighted by molar-refractivity contribution is 7.66. The Labute approximate surface area is 240 Å². The van der Waals surface area contributed by atoms with E-state index in [2.05, 4.69) is 54.8 Å². The Kier molecular flexibility index (Phi) is 11.0. The standard InChI is InChI=1S/C17H23N10O13P3/c1-3-21-13(9(20-2)5-25-26-19)17(28)38-10-4-12(27-8-24-14-15(18)22-7-23-16(14)27)37-11(10)6-36-42(32,33)40-43(34,35)39-41(29,30)31/h3,7-8,10-12H,2,4-6H2,1H3,(H,32,33)(H,34,35)(H2,18,22,23)(H2,29,30,31)/b13-9-,21-3-/t10?,11-,12-/m1/s1. The highest BCUT2D eigenvalue weighted by Gasteiger charge is 2.44. The van der Waals surface area contributed by atoms with Crippen LogP contribution >= 0.6 is 23.5 Å². The Morgan fingerprint density at radius 2 is 1.98 bits per heavy atom. The summed E-state index contributed by atoms with van der Waals surface area (Å²) in [6.07, 6.45) is -0.219. The zero-order valence-corrected chi connectivity index (χ0v) is 24.4. The van der Waals surface area contributed by atoms with E-state index >= 15 is 0 Å². The molecule has 234 valence electrons. The number of phosphoric acid groups is 3. The summed E-state index contributed by atoms with van der Waals surface area (Å²) in [5, 5.41) is 3.32. The molecule has 26 heteroatoms. The Morgan fingerprint density at radius 3 is 2.60 bits per heavy atom. The van der Waals surface area contributed by atoms with Gasteiger partial charge in [0.15, 0.2) is 17.2 Å². The van der Waals surface area contributed by atoms with Crippen molar-refractivity contribution in [2.24, 2.45) is 15.1 Å². The van der Waals surface area contributed by atoms with Gasteiger partial charge in [0.25, 0.3) is 0 Å². The summed E-state index contributed by atoms with van der Waals surface area (Å²) >= 11 is 0. The minimum Gasteiger partial charge on any atom is -0.455 e. The molecule has 0 radical (unpaired) electrons. The molecular weight excluding hydrogens is 645 g/mol. The number of nitrogens with zero attached hydrogens (tertiary/aromatic N) is 9. The van der Waals surface area contributed by atoms with Gasteiger partial charge in [0.05, 0.1) is 25.2 Å². The number of hydrogen-bond acceptors (Lipinski definition) is 16. The maximum atomic E-state index is 13.1. The van der Waals surface area contributed by atoms with Crippen LogP contribution in [-0.4, -0.2) is 83.4 Å². The predicted molar refractivity (Wildman–Crippen MR) is 143 cm³/mol. The van der Waals surface area contributed by atoms with Crippen molar-refractivity contribution in [3.8, 4) is 0 Å². The molecule has 6 N–H and O–H groups in total. The van der Waals surface area contributed by atoms with Gasteiger partial charge in [-0.2, -0.15) is 8.62 Å². The van der Waals surface area contributed by atoms with E-state index in [0.29, 0.717) is 0 Å². The fourth-order valence-electron chi connectivity index (χ4n) is 3.56. The molecule has 1 aliphatic rings. The number of hydrogen-bond donors (Lipinski definition) is 5. The molecule has 0 aliphatic carbocycles. The lowest BCUT2D eigenvalue weighted by Gasteiger charge is -2.21. The maximum absolute atomic E-state index is 13.1. The van der Waals surface area contributed by atoms with Gasteiger partial charge in [0.1, 0.15) is 30.3 Å². The van der Waals surface area contributed by atoms with Gasteiger partial charge in [-0.1, -0.05) is 5.11 Å². The molecule has 0 saturated carbocycles. The molecule has 23 nitrogen and oxygen atoms in total. The van der Waals surface area contributed by atoms with E-state index in [4.69, 9.17) is 30.5 Å². The van der Waals surface area contributed by atoms with Crippen molar-refractivity contribution in [1.29, 1.82) is 0 Å². The Morgan fingerprint density at radius 1 is 1.26 bits per heavy atom. The van der Waals surface area contributed by atoms with Gasteiger partial charge in [0.2, 0.25) is 0 Å². The lowest BCUT2D eigenvalue weighted by atomic mass is 10.2. The fourth-order valence-corrected chi connectivity index (χ4v) is 6.59. The Hall–Kier alpha value is -3.42. The number of carbonyl (C=O) groups is 1. The van der Waals surface area contributed by atoms with Crippen molar-refractivity contribution in [2.75, 3.05) is 18.9 Å². The number of azide groups is 1. The summed E-state index contributed by atoms with van der Waals surface area (Å²) in [5.74, 6) is -1.06. The predicted octanol–water partition coefficient (Wildman–Crippen LogP) is 1.26. The van der Waals surface area contributed by atoms with Crippen LogP contribution in [0.15, 0.2) is 39.1 Å². The van der Waals surface area contributed by atoms with Crippen molar-refractivity contribution < 1.29 is 60.7 Å². The minimum absolute atomic E-state index is 0.0469. The first-order valence-corrected chi connectivity index (χ1v) is 15.9. The first-order valence-electron chi connectivity index (χ1n) is 11.4. The third kappa shape index (κ3) is 9.28. The van der Waals surface area contributed by atoms with E-state index in [9.17, 15) is 28.3 Å². The van der Waals surface area contributed by atoms with Crippen LogP contribution in [0.25, 0.3) is 21.6 Å². The summed E-state index contributed by atoms with van der Waals surface area (Å²) in [5.41, 5.74) is 14.3. The van der Waals surface area contributed by atoms with Gasteiger partial charge >= 0.3 is 29.4 Å². The summed E-state index contributed by atoms with van der Waals surface area (Å²) in [4.78, 5) is 71.9. The SMILES string of the molecule is C=N/C(CN=[N+]=[N-])=C(\N=C/C)C(=O)OC1C[C@H](n2cnc3c(N)ncnc32)O[C@@H]1COP(=O)(O)OP(=O)(O)OP(=O)(O)O. The largest absolute Gasteiger partial charge is 0.490 e. The van der Waals surface area contributed by atoms with Crippen molar-refractivity contribution >= 4 is 59.4 Å². The van der Waals surface area contributed by atoms with Gasteiger partial charge < -0.3 is 34.8 Å². The van der Waals surface area contributed by atoms with Crippen LogP contribution in [0.4, 0.5) is 5.82 Å². The molecule has 5 atom stereocenters. The van der Waals surface area contributed by atoms with Crippen molar-refractivity contribution in [3.63, 3.8) is 0 Å². The number of aromatic nitrogens is 4. The van der Waals surface area contributed by atoms with Crippen molar-refractivity contribution in [2.45, 2.75) is 31.8 Å². The van der Waals surface area contributed by atoms with Crippen molar-refractivity contribution in [1.82, 2.24) is 19.5 Å².